The van der Waals surface area contributed by atoms with E-state index in [0.29, 0.717) is 18.7 Å². The lowest BCUT2D eigenvalue weighted by atomic mass is 10.0. The van der Waals surface area contributed by atoms with E-state index in [4.69, 9.17) is 0 Å². The van der Waals surface area contributed by atoms with E-state index in [9.17, 15) is 13.2 Å². The number of nitrogens with zero attached hydrogens (tertiary/aromatic N) is 1. The summed E-state index contributed by atoms with van der Waals surface area (Å²) in [5, 5.41) is 2.85. The molecule has 7 heteroatoms. The van der Waals surface area contributed by atoms with Crippen molar-refractivity contribution in [3.05, 3.63) is 58.6 Å². The Morgan fingerprint density at radius 3 is 2.38 bits per heavy atom. The van der Waals surface area contributed by atoms with Gasteiger partial charge >= 0.3 is 0 Å². The number of carbonyl (C=O) groups excluding carboxylic acids is 1. The van der Waals surface area contributed by atoms with Gasteiger partial charge in [-0.05, 0) is 56.2 Å². The molecule has 0 aromatic heterocycles. The summed E-state index contributed by atoms with van der Waals surface area (Å²) in [4.78, 5) is 13.0. The van der Waals surface area contributed by atoms with Gasteiger partial charge < -0.3 is 5.32 Å². The minimum atomic E-state index is -3.72. The van der Waals surface area contributed by atoms with E-state index >= 15 is 0 Å². The third-order valence-corrected chi connectivity index (χ3v) is 6.95. The summed E-state index contributed by atoms with van der Waals surface area (Å²) in [6.07, 6.45) is 2.11. The smallest absolute Gasteiger partial charge is 0.243 e. The molecule has 2 aromatic carbocycles. The first-order valence-electron chi connectivity index (χ1n) is 8.53. The van der Waals surface area contributed by atoms with Crippen molar-refractivity contribution < 1.29 is 13.2 Å². The first-order valence-corrected chi connectivity index (χ1v) is 10.8. The molecule has 0 saturated carbocycles. The molecule has 0 spiro atoms. The molecular weight excluding hydrogens is 416 g/mol. The maximum absolute atomic E-state index is 13.0. The van der Waals surface area contributed by atoms with E-state index in [1.807, 2.05) is 31.2 Å². The second-order valence-corrected chi connectivity index (χ2v) is 9.24. The number of hydrogen-bond acceptors (Lipinski definition) is 3. The molecule has 0 unspecified atom stereocenters. The number of anilines is 1. The Morgan fingerprint density at radius 1 is 1.08 bits per heavy atom. The van der Waals surface area contributed by atoms with Crippen molar-refractivity contribution in [3.63, 3.8) is 0 Å². The van der Waals surface area contributed by atoms with E-state index in [2.05, 4.69) is 21.2 Å². The maximum atomic E-state index is 13.0. The average Bonchev–Trinajstić information content (AvgIpc) is 2.64. The van der Waals surface area contributed by atoms with Crippen molar-refractivity contribution in [2.75, 3.05) is 11.9 Å². The van der Waals surface area contributed by atoms with E-state index in [-0.39, 0.29) is 10.8 Å². The van der Waals surface area contributed by atoms with Gasteiger partial charge in [0.15, 0.2) is 0 Å². The van der Waals surface area contributed by atoms with Gasteiger partial charge in [-0.25, -0.2) is 8.42 Å². The van der Waals surface area contributed by atoms with E-state index < -0.39 is 16.1 Å². The van der Waals surface area contributed by atoms with E-state index in [0.717, 1.165) is 22.9 Å². The normalized spacial score (nSPS) is 18.5. The lowest BCUT2D eigenvalue weighted by Crippen LogP contribution is -2.49. The molecule has 1 fully saturated rings. The van der Waals surface area contributed by atoms with Crippen LogP contribution < -0.4 is 5.32 Å². The van der Waals surface area contributed by atoms with Crippen molar-refractivity contribution in [3.8, 4) is 0 Å². The first kappa shape index (κ1) is 19.1. The number of piperidine rings is 1. The number of carbonyl (C=O) groups is 1. The molecule has 2 aromatic rings. The number of sulfonamides is 1. The van der Waals surface area contributed by atoms with Crippen LogP contribution in [0.15, 0.2) is 57.9 Å². The van der Waals surface area contributed by atoms with Crippen molar-refractivity contribution in [1.29, 1.82) is 0 Å². The molecule has 5 nitrogen and oxygen atoms in total. The maximum Gasteiger partial charge on any atom is 0.243 e. The third kappa shape index (κ3) is 4.16. The predicted molar refractivity (Wildman–Crippen MR) is 105 cm³/mol. The molecule has 0 bridgehead atoms. The van der Waals surface area contributed by atoms with Gasteiger partial charge in [0.2, 0.25) is 15.9 Å². The number of nitrogens with one attached hydrogen (secondary N) is 1. The van der Waals surface area contributed by atoms with Crippen LogP contribution in [-0.2, 0) is 14.8 Å². The molecule has 1 aliphatic heterocycles. The van der Waals surface area contributed by atoms with Gasteiger partial charge in [-0.3, -0.25) is 4.79 Å². The minimum Gasteiger partial charge on any atom is -0.325 e. The van der Waals surface area contributed by atoms with Crippen LogP contribution in [0.5, 0.6) is 0 Å². The largest absolute Gasteiger partial charge is 0.325 e. The predicted octanol–water partition coefficient (Wildman–Crippen LogP) is 3.94. The second-order valence-electron chi connectivity index (χ2n) is 6.44. The molecule has 1 aliphatic rings. The highest BCUT2D eigenvalue weighted by atomic mass is 79.9. The van der Waals surface area contributed by atoms with Crippen LogP contribution in [-0.4, -0.2) is 31.2 Å². The number of hydrogen-bond donors (Lipinski definition) is 1. The summed E-state index contributed by atoms with van der Waals surface area (Å²) in [6, 6.07) is 13.3. The van der Waals surface area contributed by atoms with Crippen molar-refractivity contribution >= 4 is 37.5 Å². The SMILES string of the molecule is Cc1ccc(NC(=O)[C@H]2CCCCN2S(=O)(=O)c2ccc(Br)cc2)cc1. The molecule has 0 aliphatic carbocycles. The number of rotatable bonds is 4. The van der Waals surface area contributed by atoms with Gasteiger partial charge in [0.05, 0.1) is 4.90 Å². The first-order chi connectivity index (χ1) is 12.4. The fourth-order valence-electron chi connectivity index (χ4n) is 3.06. The lowest BCUT2D eigenvalue weighted by molar-refractivity contribution is -0.120. The van der Waals surface area contributed by atoms with Crippen LogP contribution in [0.25, 0.3) is 0 Å². The number of halogens is 1. The summed E-state index contributed by atoms with van der Waals surface area (Å²) in [7, 11) is -3.72. The Kier molecular flexibility index (Phi) is 5.79. The van der Waals surface area contributed by atoms with Crippen LogP contribution in [0.1, 0.15) is 24.8 Å². The zero-order valence-corrected chi connectivity index (χ0v) is 16.9. The molecule has 1 amide bonds. The molecule has 1 atom stereocenters. The van der Waals surface area contributed by atoms with Crippen LogP contribution in [0, 0.1) is 6.92 Å². The average molecular weight is 437 g/mol. The van der Waals surface area contributed by atoms with Gasteiger partial charge in [-0.2, -0.15) is 4.31 Å². The summed E-state index contributed by atoms with van der Waals surface area (Å²) in [5.41, 5.74) is 1.77. The van der Waals surface area contributed by atoms with Gasteiger partial charge in [-0.15, -0.1) is 0 Å². The van der Waals surface area contributed by atoms with Crippen LogP contribution >= 0.6 is 15.9 Å². The molecule has 26 heavy (non-hydrogen) atoms. The molecule has 138 valence electrons. The minimum absolute atomic E-state index is 0.204. The highest BCUT2D eigenvalue weighted by molar-refractivity contribution is 9.10. The van der Waals surface area contributed by atoms with Crippen molar-refractivity contribution in [2.24, 2.45) is 0 Å². The van der Waals surface area contributed by atoms with Gasteiger partial charge in [0, 0.05) is 16.7 Å². The second kappa shape index (κ2) is 7.90. The summed E-state index contributed by atoms with van der Waals surface area (Å²) < 4.78 is 28.2. The van der Waals surface area contributed by atoms with Gasteiger partial charge in [-0.1, -0.05) is 40.0 Å². The van der Waals surface area contributed by atoms with Crippen molar-refractivity contribution in [2.45, 2.75) is 37.1 Å². The standard InChI is InChI=1S/C19H21BrN2O3S/c1-14-5-9-16(10-6-14)21-19(23)18-4-2-3-13-22(18)26(24,25)17-11-7-15(20)8-12-17/h5-12,18H,2-4,13H2,1H3,(H,21,23)/t18-/m1/s1. The number of aryl methyl sites for hydroxylation is 1. The molecule has 3 rings (SSSR count). The quantitative estimate of drug-likeness (QED) is 0.788. The molecule has 0 radical (unpaired) electrons. The lowest BCUT2D eigenvalue weighted by Gasteiger charge is -2.33. The van der Waals surface area contributed by atoms with E-state index in [1.54, 1.807) is 24.3 Å². The third-order valence-electron chi connectivity index (χ3n) is 4.50. The Bertz CT molecular complexity index is 880. The highest BCUT2D eigenvalue weighted by Gasteiger charge is 2.37. The summed E-state index contributed by atoms with van der Waals surface area (Å²) in [6.45, 7) is 2.32. The molecular formula is C19H21BrN2O3S. The fraction of sp³-hybridized carbons (Fsp3) is 0.316. The zero-order valence-electron chi connectivity index (χ0n) is 14.5. The van der Waals surface area contributed by atoms with Crippen LogP contribution in [0.2, 0.25) is 0 Å². The summed E-state index contributed by atoms with van der Waals surface area (Å²) in [5.74, 6) is -0.283. The van der Waals surface area contributed by atoms with Crippen molar-refractivity contribution in [1.82, 2.24) is 4.31 Å². The Balaban J connectivity index is 1.83. The van der Waals surface area contributed by atoms with E-state index in [1.165, 1.54) is 4.31 Å². The monoisotopic (exact) mass is 436 g/mol. The topological polar surface area (TPSA) is 66.5 Å². The van der Waals surface area contributed by atoms with Gasteiger partial charge in [0.25, 0.3) is 0 Å². The Hall–Kier alpha value is -1.70. The molecule has 1 saturated heterocycles. The Morgan fingerprint density at radius 2 is 1.73 bits per heavy atom. The Labute approximate surface area is 162 Å². The van der Waals surface area contributed by atoms with Crippen LogP contribution in [0.4, 0.5) is 5.69 Å². The summed E-state index contributed by atoms with van der Waals surface area (Å²) >= 11 is 3.31. The number of amides is 1. The zero-order chi connectivity index (χ0) is 18.7. The van der Waals surface area contributed by atoms with Crippen LogP contribution in [0.3, 0.4) is 0 Å². The van der Waals surface area contributed by atoms with Gasteiger partial charge in [0.1, 0.15) is 6.04 Å². The highest BCUT2D eigenvalue weighted by Crippen LogP contribution is 2.27. The molecule has 1 heterocycles. The number of benzene rings is 2. The molecule has 1 N–H and O–H groups in total. The fourth-order valence-corrected chi connectivity index (χ4v) is 4.98.